The van der Waals surface area contributed by atoms with E-state index in [1.54, 1.807) is 0 Å². The molecule has 0 saturated carbocycles. The van der Waals surface area contributed by atoms with E-state index in [4.69, 9.17) is 4.74 Å². The number of benzene rings is 1. The predicted octanol–water partition coefficient (Wildman–Crippen LogP) is 2.29. The molecule has 0 radical (unpaired) electrons. The molecule has 1 aromatic rings. The number of hydrogen-bond donors (Lipinski definition) is 2. The summed E-state index contributed by atoms with van der Waals surface area (Å²) in [5.41, 5.74) is 1.20. The van der Waals surface area contributed by atoms with Gasteiger partial charge in [-0.3, -0.25) is 0 Å². The van der Waals surface area contributed by atoms with Gasteiger partial charge in [-0.15, -0.1) is 0 Å². The summed E-state index contributed by atoms with van der Waals surface area (Å²) in [6.45, 7) is 5.80. The first-order valence-corrected chi connectivity index (χ1v) is 6.41. The molecule has 0 spiro atoms. The summed E-state index contributed by atoms with van der Waals surface area (Å²) in [6, 6.07) is 7.83. The summed E-state index contributed by atoms with van der Waals surface area (Å²) < 4.78 is 5.50. The number of allylic oxidation sites excluding steroid dienone is 1. The Morgan fingerprint density at radius 1 is 1.33 bits per heavy atom. The zero-order valence-electron chi connectivity index (χ0n) is 11.2. The molecule has 0 amide bonds. The number of rotatable bonds is 8. The van der Waals surface area contributed by atoms with Crippen molar-refractivity contribution < 1.29 is 9.84 Å². The van der Waals surface area contributed by atoms with Gasteiger partial charge in [-0.05, 0) is 38.9 Å². The van der Waals surface area contributed by atoms with E-state index in [1.807, 2.05) is 44.2 Å². The Labute approximate surface area is 109 Å². The number of nitrogens with one attached hydrogen (secondary N) is 1. The van der Waals surface area contributed by atoms with Gasteiger partial charge in [0.05, 0.1) is 0 Å². The van der Waals surface area contributed by atoms with E-state index in [-0.39, 0.29) is 0 Å². The summed E-state index contributed by atoms with van der Waals surface area (Å²) in [5.74, 6) is 0.800. The molecular weight excluding hydrogens is 226 g/mol. The third-order valence-electron chi connectivity index (χ3n) is 2.57. The van der Waals surface area contributed by atoms with Crippen LogP contribution in [0.25, 0.3) is 0 Å². The summed E-state index contributed by atoms with van der Waals surface area (Å²) >= 11 is 0. The Morgan fingerprint density at radius 3 is 2.72 bits per heavy atom. The van der Waals surface area contributed by atoms with Gasteiger partial charge < -0.3 is 15.2 Å². The minimum Gasteiger partial charge on any atom is -0.491 e. The second-order valence-corrected chi connectivity index (χ2v) is 4.34. The fraction of sp³-hybridized carbons (Fsp3) is 0.467. The molecule has 0 heterocycles. The van der Waals surface area contributed by atoms with Crippen LogP contribution in [0.5, 0.6) is 5.75 Å². The Morgan fingerprint density at radius 2 is 2.06 bits per heavy atom. The predicted molar refractivity (Wildman–Crippen MR) is 75.0 cm³/mol. The summed E-state index contributed by atoms with van der Waals surface area (Å²) in [4.78, 5) is 0. The first kappa shape index (κ1) is 14.7. The highest BCUT2D eigenvalue weighted by molar-refractivity contribution is 5.26. The normalized spacial score (nSPS) is 12.8. The molecule has 0 aliphatic heterocycles. The van der Waals surface area contributed by atoms with E-state index in [0.29, 0.717) is 13.2 Å². The molecule has 0 saturated heterocycles. The monoisotopic (exact) mass is 249 g/mol. The van der Waals surface area contributed by atoms with Crippen LogP contribution in [0.4, 0.5) is 0 Å². The second kappa shape index (κ2) is 8.72. The molecule has 1 aromatic carbocycles. The molecule has 1 rings (SSSR count). The van der Waals surface area contributed by atoms with Crippen LogP contribution in [0.1, 0.15) is 18.9 Å². The van der Waals surface area contributed by atoms with Crippen molar-refractivity contribution in [3.8, 4) is 5.75 Å². The lowest BCUT2D eigenvalue weighted by atomic mass is 10.2. The molecule has 0 fully saturated rings. The van der Waals surface area contributed by atoms with Gasteiger partial charge >= 0.3 is 0 Å². The quantitative estimate of drug-likeness (QED) is 0.548. The zero-order valence-corrected chi connectivity index (χ0v) is 11.2. The standard InChI is InChI=1S/C15H23NO2/c1-3-4-5-10-16-11-14(17)12-18-15-8-6-13(2)7-9-15/h3-4,6-9,14,16-17H,5,10-12H2,1-2H3/b4-3+. The average molecular weight is 249 g/mol. The van der Waals surface area contributed by atoms with E-state index in [2.05, 4.69) is 11.4 Å². The Balaban J connectivity index is 2.12. The topological polar surface area (TPSA) is 41.5 Å². The smallest absolute Gasteiger partial charge is 0.119 e. The van der Waals surface area contributed by atoms with Gasteiger partial charge in [0.25, 0.3) is 0 Å². The molecule has 3 heteroatoms. The molecule has 0 aliphatic carbocycles. The van der Waals surface area contributed by atoms with Crippen molar-refractivity contribution in [1.29, 1.82) is 0 Å². The molecule has 0 aromatic heterocycles. The number of aliphatic hydroxyl groups is 1. The molecular formula is C15H23NO2. The molecule has 100 valence electrons. The van der Waals surface area contributed by atoms with Crippen molar-refractivity contribution in [1.82, 2.24) is 5.32 Å². The molecule has 0 aliphatic rings. The van der Waals surface area contributed by atoms with E-state index in [9.17, 15) is 5.11 Å². The first-order chi connectivity index (χ1) is 8.72. The van der Waals surface area contributed by atoms with Gasteiger partial charge in [0.1, 0.15) is 18.5 Å². The van der Waals surface area contributed by atoms with Crippen molar-refractivity contribution in [2.75, 3.05) is 19.7 Å². The van der Waals surface area contributed by atoms with Crippen molar-refractivity contribution in [2.24, 2.45) is 0 Å². The zero-order chi connectivity index (χ0) is 13.2. The summed E-state index contributed by atoms with van der Waals surface area (Å²) in [7, 11) is 0. The Kier molecular flexibility index (Phi) is 7.14. The molecule has 1 atom stereocenters. The van der Waals surface area contributed by atoms with Crippen LogP contribution < -0.4 is 10.1 Å². The molecule has 3 nitrogen and oxygen atoms in total. The van der Waals surface area contributed by atoms with Crippen LogP contribution in [0, 0.1) is 6.92 Å². The van der Waals surface area contributed by atoms with Crippen LogP contribution in [0.2, 0.25) is 0 Å². The van der Waals surface area contributed by atoms with Gasteiger partial charge in [0.2, 0.25) is 0 Å². The summed E-state index contributed by atoms with van der Waals surface area (Å²) in [5, 5.41) is 12.9. The highest BCUT2D eigenvalue weighted by Crippen LogP contribution is 2.11. The van der Waals surface area contributed by atoms with Gasteiger partial charge in [0.15, 0.2) is 0 Å². The highest BCUT2D eigenvalue weighted by atomic mass is 16.5. The molecule has 2 N–H and O–H groups in total. The average Bonchev–Trinajstić information content (AvgIpc) is 2.38. The van der Waals surface area contributed by atoms with Crippen LogP contribution in [-0.4, -0.2) is 30.9 Å². The van der Waals surface area contributed by atoms with Crippen LogP contribution >= 0.6 is 0 Å². The number of ether oxygens (including phenoxy) is 1. The van der Waals surface area contributed by atoms with Crippen molar-refractivity contribution >= 4 is 0 Å². The number of aryl methyl sites for hydroxylation is 1. The van der Waals surface area contributed by atoms with Gasteiger partial charge in [-0.2, -0.15) is 0 Å². The van der Waals surface area contributed by atoms with Crippen LogP contribution in [0.15, 0.2) is 36.4 Å². The minimum atomic E-state index is -0.475. The number of hydrogen-bond acceptors (Lipinski definition) is 3. The second-order valence-electron chi connectivity index (χ2n) is 4.34. The third kappa shape index (κ3) is 6.42. The molecule has 0 bridgehead atoms. The fourth-order valence-corrected chi connectivity index (χ4v) is 1.51. The maximum absolute atomic E-state index is 9.72. The van der Waals surface area contributed by atoms with Crippen molar-refractivity contribution in [3.05, 3.63) is 42.0 Å². The first-order valence-electron chi connectivity index (χ1n) is 6.41. The minimum absolute atomic E-state index is 0.319. The van der Waals surface area contributed by atoms with Crippen molar-refractivity contribution in [3.63, 3.8) is 0 Å². The Bertz CT molecular complexity index is 346. The maximum atomic E-state index is 9.72. The van der Waals surface area contributed by atoms with Gasteiger partial charge in [-0.25, -0.2) is 0 Å². The lowest BCUT2D eigenvalue weighted by Crippen LogP contribution is -2.31. The van der Waals surface area contributed by atoms with E-state index in [1.165, 1.54) is 5.56 Å². The summed E-state index contributed by atoms with van der Waals surface area (Å²) in [6.07, 6.45) is 4.64. The van der Waals surface area contributed by atoms with Gasteiger partial charge in [-0.1, -0.05) is 29.8 Å². The van der Waals surface area contributed by atoms with E-state index < -0.39 is 6.10 Å². The maximum Gasteiger partial charge on any atom is 0.119 e. The Hall–Kier alpha value is -1.32. The van der Waals surface area contributed by atoms with Crippen LogP contribution in [0.3, 0.4) is 0 Å². The fourth-order valence-electron chi connectivity index (χ4n) is 1.51. The van der Waals surface area contributed by atoms with E-state index >= 15 is 0 Å². The van der Waals surface area contributed by atoms with Crippen LogP contribution in [-0.2, 0) is 0 Å². The third-order valence-corrected chi connectivity index (χ3v) is 2.57. The van der Waals surface area contributed by atoms with Gasteiger partial charge in [0, 0.05) is 6.54 Å². The highest BCUT2D eigenvalue weighted by Gasteiger charge is 2.04. The lowest BCUT2D eigenvalue weighted by Gasteiger charge is -2.13. The SMILES string of the molecule is C/C=C/CCNCC(O)COc1ccc(C)cc1. The largest absolute Gasteiger partial charge is 0.491 e. The van der Waals surface area contributed by atoms with E-state index in [0.717, 1.165) is 18.7 Å². The molecule has 1 unspecified atom stereocenters. The lowest BCUT2D eigenvalue weighted by molar-refractivity contribution is 0.107. The van der Waals surface area contributed by atoms with Crippen molar-refractivity contribution in [2.45, 2.75) is 26.4 Å². The number of aliphatic hydroxyl groups excluding tert-OH is 1. The molecule has 18 heavy (non-hydrogen) atoms.